The summed E-state index contributed by atoms with van der Waals surface area (Å²) in [6.07, 6.45) is 0. The van der Waals surface area contributed by atoms with Crippen LogP contribution in [-0.2, 0) is 0 Å². The SMILES string of the molecule is Cc1c(F)c(F)c(C)c(F)c1F.Cc1cc(F)c(C)cc1F.Cc1ccc(C)cc1.[C-]#[N+]c1c(C)c(C#N)c(C#N)c(C)c1C#N. The molecule has 0 N–H and O–H groups in total. The minimum Gasteiger partial charge on any atom is -0.236 e. The molecule has 0 spiro atoms. The van der Waals surface area contributed by atoms with E-state index in [0.717, 1.165) is 13.8 Å². The quantitative estimate of drug-likeness (QED) is 0.110. The number of halogens is 6. The molecule has 0 bridgehead atoms. The van der Waals surface area contributed by atoms with Crippen molar-refractivity contribution in [3.05, 3.63) is 144 Å². The highest BCUT2D eigenvalue weighted by Crippen LogP contribution is 2.32. The summed E-state index contributed by atoms with van der Waals surface area (Å²) in [5, 5.41) is 26.9. The highest BCUT2D eigenvalue weighted by Gasteiger charge is 2.20. The molecule has 0 aliphatic carbocycles. The van der Waals surface area contributed by atoms with Crippen molar-refractivity contribution in [1.29, 1.82) is 15.8 Å². The maximum Gasteiger partial charge on any atom is 0.209 e. The van der Waals surface area contributed by atoms with Gasteiger partial charge in [-0.1, -0.05) is 35.4 Å². The van der Waals surface area contributed by atoms with Crippen LogP contribution in [0.4, 0.5) is 32.0 Å². The van der Waals surface area contributed by atoms with Crippen molar-refractivity contribution in [2.45, 2.75) is 55.4 Å². The summed E-state index contributed by atoms with van der Waals surface area (Å²) in [4.78, 5) is 3.25. The van der Waals surface area contributed by atoms with E-state index in [9.17, 15) is 26.3 Å². The molecule has 0 fully saturated rings. The molecule has 4 nitrogen and oxygen atoms in total. The van der Waals surface area contributed by atoms with E-state index in [1.165, 1.54) is 37.1 Å². The van der Waals surface area contributed by atoms with E-state index in [2.05, 4.69) is 43.0 Å². The second-order valence-corrected chi connectivity index (χ2v) is 10.2. The second-order valence-electron chi connectivity index (χ2n) is 10.2. The largest absolute Gasteiger partial charge is 0.236 e. The van der Waals surface area contributed by atoms with Crippen LogP contribution in [0.3, 0.4) is 0 Å². The standard InChI is InChI=1S/C12H6N4.C8H6F4.C8H8F2.C8H10/c1-7-9(4-13)10(5-14)8(2)12(16-3)11(7)6-15;1-3-5(9)7(11)4(2)8(12)6(3)10;1-5-3-8(10)6(2)4-7(5)9;1-7-3-5-8(2)6-4-7/h1-2H3;1-2H3;3-4H,1-2H3;3-6H,1-2H3. The molecule has 0 atom stereocenters. The van der Waals surface area contributed by atoms with Crippen molar-refractivity contribution >= 4 is 5.69 Å². The van der Waals surface area contributed by atoms with Gasteiger partial charge in [0.1, 0.15) is 17.7 Å². The zero-order valence-corrected chi connectivity index (χ0v) is 26.5. The summed E-state index contributed by atoms with van der Waals surface area (Å²) in [6, 6.07) is 16.6. The molecule has 0 radical (unpaired) electrons. The fourth-order valence-corrected chi connectivity index (χ4v) is 3.77. The molecular weight excluding hydrogens is 602 g/mol. The lowest BCUT2D eigenvalue weighted by Crippen LogP contribution is -2.02. The summed E-state index contributed by atoms with van der Waals surface area (Å²) in [7, 11) is 0. The maximum atomic E-state index is 12.7. The van der Waals surface area contributed by atoms with Crippen molar-refractivity contribution in [2.24, 2.45) is 0 Å². The van der Waals surface area contributed by atoms with E-state index in [1.54, 1.807) is 13.8 Å². The third-order valence-electron chi connectivity index (χ3n) is 6.77. The Balaban J connectivity index is 0.000000316. The molecule has 0 aromatic heterocycles. The maximum absolute atomic E-state index is 12.7. The molecule has 4 aromatic rings. The Labute approximate surface area is 265 Å². The van der Waals surface area contributed by atoms with Crippen molar-refractivity contribution in [2.75, 3.05) is 0 Å². The van der Waals surface area contributed by atoms with Crippen LogP contribution in [0.2, 0.25) is 0 Å². The average molecular weight is 633 g/mol. The molecule has 0 saturated heterocycles. The van der Waals surface area contributed by atoms with Crippen molar-refractivity contribution < 1.29 is 26.3 Å². The predicted octanol–water partition coefficient (Wildman–Crippen LogP) is 10.2. The lowest BCUT2D eigenvalue weighted by molar-refractivity contribution is 0.436. The van der Waals surface area contributed by atoms with Gasteiger partial charge in [-0.15, -0.1) is 0 Å². The van der Waals surface area contributed by atoms with E-state index >= 15 is 0 Å². The van der Waals surface area contributed by atoms with E-state index < -0.39 is 34.4 Å². The topological polar surface area (TPSA) is 75.7 Å². The number of benzene rings is 4. The van der Waals surface area contributed by atoms with Crippen molar-refractivity contribution in [3.63, 3.8) is 0 Å². The van der Waals surface area contributed by atoms with Gasteiger partial charge in [-0.3, -0.25) is 0 Å². The Kier molecular flexibility index (Phi) is 14.2. The molecule has 0 unspecified atom stereocenters. The van der Waals surface area contributed by atoms with Crippen LogP contribution in [0.5, 0.6) is 0 Å². The fraction of sp³-hybridized carbons (Fsp3) is 0.222. The number of rotatable bonds is 0. The zero-order valence-electron chi connectivity index (χ0n) is 26.5. The lowest BCUT2D eigenvalue weighted by Gasteiger charge is -2.08. The molecule has 46 heavy (non-hydrogen) atoms. The molecule has 0 amide bonds. The van der Waals surface area contributed by atoms with Gasteiger partial charge in [0.25, 0.3) is 0 Å². The minimum atomic E-state index is -1.33. The van der Waals surface area contributed by atoms with Gasteiger partial charge >= 0.3 is 0 Å². The molecule has 4 aromatic carbocycles. The first-order chi connectivity index (χ1) is 21.5. The van der Waals surface area contributed by atoms with Crippen LogP contribution >= 0.6 is 0 Å². The summed E-state index contributed by atoms with van der Waals surface area (Å²) >= 11 is 0. The number of hydrogen-bond acceptors (Lipinski definition) is 3. The fourth-order valence-electron chi connectivity index (χ4n) is 3.77. The first kappa shape index (κ1) is 38.4. The van der Waals surface area contributed by atoms with Gasteiger partial charge in [0, 0.05) is 11.1 Å². The van der Waals surface area contributed by atoms with Crippen LogP contribution in [0.1, 0.15) is 61.2 Å². The summed E-state index contributed by atoms with van der Waals surface area (Å²) in [5.74, 6) is -6.01. The van der Waals surface area contributed by atoms with Crippen LogP contribution in [0.15, 0.2) is 36.4 Å². The number of aryl methyl sites for hydroxylation is 4. The van der Waals surface area contributed by atoms with Gasteiger partial charge in [-0.05, 0) is 89.8 Å². The van der Waals surface area contributed by atoms with Crippen LogP contribution in [0.25, 0.3) is 4.85 Å². The van der Waals surface area contributed by atoms with Crippen LogP contribution in [0, 0.1) is 131 Å². The second kappa shape index (κ2) is 17.0. The van der Waals surface area contributed by atoms with Gasteiger partial charge in [-0.2, -0.15) is 15.8 Å². The van der Waals surface area contributed by atoms with Crippen LogP contribution < -0.4 is 0 Å². The van der Waals surface area contributed by atoms with Crippen molar-refractivity contribution in [3.8, 4) is 18.2 Å². The summed E-state index contributed by atoms with van der Waals surface area (Å²) in [5.41, 5.74) is 3.62. The molecule has 0 heterocycles. The van der Waals surface area contributed by atoms with E-state index in [0.29, 0.717) is 22.3 Å². The van der Waals surface area contributed by atoms with Gasteiger partial charge in [0.05, 0.1) is 35.4 Å². The molecule has 236 valence electrons. The van der Waals surface area contributed by atoms with Gasteiger partial charge < -0.3 is 0 Å². The predicted molar refractivity (Wildman–Crippen MR) is 164 cm³/mol. The Hall–Kier alpha value is -5.58. The highest BCUT2D eigenvalue weighted by molar-refractivity contribution is 5.74. The Morgan fingerprint density at radius 2 is 0.804 bits per heavy atom. The Morgan fingerprint density at radius 1 is 0.500 bits per heavy atom. The van der Waals surface area contributed by atoms with E-state index in [-0.39, 0.29) is 34.0 Å². The Morgan fingerprint density at radius 3 is 1.09 bits per heavy atom. The number of hydrogen-bond donors (Lipinski definition) is 0. The molecule has 0 aliphatic heterocycles. The lowest BCUT2D eigenvalue weighted by atomic mass is 9.92. The van der Waals surface area contributed by atoms with E-state index in [4.69, 9.17) is 22.4 Å². The summed E-state index contributed by atoms with van der Waals surface area (Å²) in [6.45, 7) is 19.4. The Bertz CT molecular complexity index is 1630. The first-order valence-corrected chi connectivity index (χ1v) is 13.5. The third kappa shape index (κ3) is 9.21. The number of nitrogens with zero attached hydrogens (tertiary/aromatic N) is 4. The molecule has 0 saturated carbocycles. The third-order valence-corrected chi connectivity index (χ3v) is 6.77. The molecule has 4 rings (SSSR count). The summed E-state index contributed by atoms with van der Waals surface area (Å²) < 4.78 is 75.8. The highest BCUT2D eigenvalue weighted by atomic mass is 19.2. The van der Waals surface area contributed by atoms with Crippen molar-refractivity contribution in [1.82, 2.24) is 0 Å². The zero-order chi connectivity index (χ0) is 35.5. The van der Waals surface area contributed by atoms with E-state index in [1.807, 2.05) is 18.2 Å². The van der Waals surface area contributed by atoms with Crippen LogP contribution in [-0.4, -0.2) is 0 Å². The molecule has 0 aliphatic rings. The smallest absolute Gasteiger partial charge is 0.209 e. The molecular formula is C36H30F6N4. The normalized spacial score (nSPS) is 9.43. The first-order valence-electron chi connectivity index (χ1n) is 13.5. The van der Waals surface area contributed by atoms with Gasteiger partial charge in [0.15, 0.2) is 23.3 Å². The monoisotopic (exact) mass is 632 g/mol. The van der Waals surface area contributed by atoms with Gasteiger partial charge in [0.2, 0.25) is 5.69 Å². The van der Waals surface area contributed by atoms with Gasteiger partial charge in [-0.25, -0.2) is 31.2 Å². The number of nitriles is 3. The minimum absolute atomic E-state index is 0.163. The average Bonchev–Trinajstić information content (AvgIpc) is 3.03. The molecule has 10 heteroatoms.